The van der Waals surface area contributed by atoms with Crippen molar-refractivity contribution in [1.29, 1.82) is 0 Å². The van der Waals surface area contributed by atoms with E-state index in [1.54, 1.807) is 36.4 Å². The lowest BCUT2D eigenvalue weighted by Crippen LogP contribution is -2.51. The van der Waals surface area contributed by atoms with Crippen LogP contribution in [0.1, 0.15) is 6.92 Å². The van der Waals surface area contributed by atoms with E-state index < -0.39 is 11.1 Å². The predicted molar refractivity (Wildman–Crippen MR) is 109 cm³/mol. The Morgan fingerprint density at radius 2 is 1.66 bits per heavy atom. The number of hydrogen-bond donors (Lipinski definition) is 0. The van der Waals surface area contributed by atoms with Crippen molar-refractivity contribution in [3.63, 3.8) is 0 Å². The van der Waals surface area contributed by atoms with E-state index in [-0.39, 0.29) is 12.5 Å². The number of fused-ring (bicyclic) bond motifs is 1. The number of rotatable bonds is 4. The minimum atomic E-state index is -0.701. The van der Waals surface area contributed by atoms with Gasteiger partial charge in [-0.25, -0.2) is 9.97 Å². The molecule has 0 aromatic carbocycles. The lowest BCUT2D eigenvalue weighted by atomic mass is 10.3. The number of nitrogens with zero attached hydrogens (tertiary/aromatic N) is 6. The Balaban J connectivity index is 1.55. The number of carbonyl (C=O) groups is 1. The molecule has 0 atom stereocenters. The van der Waals surface area contributed by atoms with Gasteiger partial charge in [0.15, 0.2) is 5.65 Å². The van der Waals surface area contributed by atoms with Gasteiger partial charge >= 0.3 is 11.1 Å². The van der Waals surface area contributed by atoms with Gasteiger partial charge in [-0.3, -0.25) is 23.5 Å². The molecule has 0 unspecified atom stereocenters. The summed E-state index contributed by atoms with van der Waals surface area (Å²) in [5.41, 5.74) is -0.467. The largest absolute Gasteiger partial charge is 0.353 e. The molecule has 4 heterocycles. The molecule has 1 aliphatic heterocycles. The van der Waals surface area contributed by atoms with E-state index in [1.165, 1.54) is 9.13 Å². The SMILES string of the molecule is CCn1c(=O)c(=O)n(CC(=O)N2CCN(c3ccccn3)CC2)c2cccnc21. The molecule has 1 saturated heterocycles. The summed E-state index contributed by atoms with van der Waals surface area (Å²) in [5, 5.41) is 0. The molecular formula is C20H22N6O3. The Labute approximate surface area is 166 Å². The minimum absolute atomic E-state index is 0.176. The summed E-state index contributed by atoms with van der Waals surface area (Å²) in [5.74, 6) is 0.697. The van der Waals surface area contributed by atoms with Gasteiger partial charge in [-0.15, -0.1) is 0 Å². The predicted octanol–water partition coefficient (Wildman–Crippen LogP) is 0.322. The lowest BCUT2D eigenvalue weighted by Gasteiger charge is -2.35. The summed E-state index contributed by atoms with van der Waals surface area (Å²) in [6.45, 7) is 4.34. The van der Waals surface area contributed by atoms with E-state index in [9.17, 15) is 14.4 Å². The first-order chi connectivity index (χ1) is 14.1. The minimum Gasteiger partial charge on any atom is -0.353 e. The van der Waals surface area contributed by atoms with Gasteiger partial charge in [0, 0.05) is 45.1 Å². The zero-order chi connectivity index (χ0) is 20.4. The maximum Gasteiger partial charge on any atom is 0.318 e. The van der Waals surface area contributed by atoms with E-state index in [0.717, 1.165) is 5.82 Å². The second-order valence-corrected chi connectivity index (χ2v) is 6.84. The number of anilines is 1. The quantitative estimate of drug-likeness (QED) is 0.592. The van der Waals surface area contributed by atoms with Crippen LogP contribution >= 0.6 is 0 Å². The molecule has 3 aromatic heterocycles. The Morgan fingerprint density at radius 1 is 0.931 bits per heavy atom. The highest BCUT2D eigenvalue weighted by Crippen LogP contribution is 2.13. The highest BCUT2D eigenvalue weighted by molar-refractivity contribution is 5.79. The third kappa shape index (κ3) is 3.51. The van der Waals surface area contributed by atoms with Crippen LogP contribution in [0, 0.1) is 0 Å². The van der Waals surface area contributed by atoms with Crippen molar-refractivity contribution in [2.75, 3.05) is 31.1 Å². The summed E-state index contributed by atoms with van der Waals surface area (Å²) in [6, 6.07) is 9.15. The van der Waals surface area contributed by atoms with Crippen LogP contribution in [0.4, 0.5) is 5.82 Å². The molecule has 150 valence electrons. The van der Waals surface area contributed by atoms with Crippen LogP contribution in [0.15, 0.2) is 52.3 Å². The smallest absolute Gasteiger partial charge is 0.318 e. The Morgan fingerprint density at radius 3 is 2.34 bits per heavy atom. The Bertz CT molecular complexity index is 1150. The number of pyridine rings is 2. The first-order valence-corrected chi connectivity index (χ1v) is 9.62. The van der Waals surface area contributed by atoms with Crippen molar-refractivity contribution < 1.29 is 4.79 Å². The average Bonchev–Trinajstić information content (AvgIpc) is 2.78. The molecule has 29 heavy (non-hydrogen) atoms. The third-order valence-electron chi connectivity index (χ3n) is 5.20. The van der Waals surface area contributed by atoms with Crippen molar-refractivity contribution in [1.82, 2.24) is 24.0 Å². The second kappa shape index (κ2) is 7.86. The molecule has 0 bridgehead atoms. The number of carbonyl (C=O) groups excluding carboxylic acids is 1. The van der Waals surface area contributed by atoms with Crippen LogP contribution in [0.2, 0.25) is 0 Å². The van der Waals surface area contributed by atoms with E-state index in [0.29, 0.717) is 43.9 Å². The normalized spacial score (nSPS) is 14.4. The fourth-order valence-corrected chi connectivity index (χ4v) is 3.65. The van der Waals surface area contributed by atoms with Crippen LogP contribution in [0.3, 0.4) is 0 Å². The number of piperazine rings is 1. The fourth-order valence-electron chi connectivity index (χ4n) is 3.65. The highest BCUT2D eigenvalue weighted by Gasteiger charge is 2.23. The van der Waals surface area contributed by atoms with E-state index in [4.69, 9.17) is 0 Å². The van der Waals surface area contributed by atoms with Crippen LogP contribution in [0.25, 0.3) is 11.2 Å². The van der Waals surface area contributed by atoms with Gasteiger partial charge in [-0.05, 0) is 31.2 Å². The summed E-state index contributed by atoms with van der Waals surface area (Å²) in [7, 11) is 0. The average molecular weight is 394 g/mol. The maximum absolute atomic E-state index is 12.9. The summed E-state index contributed by atoms with van der Waals surface area (Å²) < 4.78 is 2.58. The van der Waals surface area contributed by atoms with Crippen LogP contribution in [-0.4, -0.2) is 56.1 Å². The van der Waals surface area contributed by atoms with Gasteiger partial charge in [-0.2, -0.15) is 0 Å². The fraction of sp³-hybridized carbons (Fsp3) is 0.350. The zero-order valence-corrected chi connectivity index (χ0v) is 16.2. The lowest BCUT2D eigenvalue weighted by molar-refractivity contribution is -0.132. The molecule has 9 nitrogen and oxygen atoms in total. The molecule has 0 radical (unpaired) electrons. The Kier molecular flexibility index (Phi) is 5.11. The van der Waals surface area contributed by atoms with Gasteiger partial charge < -0.3 is 9.80 Å². The summed E-state index contributed by atoms with van der Waals surface area (Å²) in [4.78, 5) is 50.4. The van der Waals surface area contributed by atoms with Gasteiger partial charge in [0.25, 0.3) is 0 Å². The van der Waals surface area contributed by atoms with Crippen molar-refractivity contribution >= 4 is 22.9 Å². The molecule has 1 fully saturated rings. The molecule has 0 saturated carbocycles. The molecule has 0 aliphatic carbocycles. The van der Waals surface area contributed by atoms with Crippen molar-refractivity contribution in [3.8, 4) is 0 Å². The van der Waals surface area contributed by atoms with Gasteiger partial charge in [0.1, 0.15) is 12.4 Å². The Hall–Kier alpha value is -3.49. The molecule has 0 N–H and O–H groups in total. The summed E-state index contributed by atoms with van der Waals surface area (Å²) >= 11 is 0. The highest BCUT2D eigenvalue weighted by atomic mass is 16.2. The first-order valence-electron chi connectivity index (χ1n) is 9.62. The van der Waals surface area contributed by atoms with Crippen LogP contribution in [0.5, 0.6) is 0 Å². The first kappa shape index (κ1) is 18.9. The van der Waals surface area contributed by atoms with Crippen LogP contribution < -0.4 is 16.0 Å². The number of aromatic nitrogens is 4. The topological polar surface area (TPSA) is 93.3 Å². The molecule has 9 heteroatoms. The number of hydrogen-bond acceptors (Lipinski definition) is 6. The molecule has 3 aromatic rings. The molecule has 1 amide bonds. The standard InChI is InChI=1S/C20H22N6O3/c1-2-25-18-15(6-5-9-22-18)26(20(29)19(25)28)14-17(27)24-12-10-23(11-13-24)16-7-3-4-8-21-16/h3-9H,2,10-14H2,1H3. The molecule has 1 aliphatic rings. The van der Waals surface area contributed by atoms with Crippen molar-refractivity contribution in [3.05, 3.63) is 63.4 Å². The molecule has 0 spiro atoms. The second-order valence-electron chi connectivity index (χ2n) is 6.84. The van der Waals surface area contributed by atoms with E-state index in [2.05, 4.69) is 14.9 Å². The van der Waals surface area contributed by atoms with Gasteiger partial charge in [0.05, 0.1) is 5.52 Å². The zero-order valence-electron chi connectivity index (χ0n) is 16.2. The summed E-state index contributed by atoms with van der Waals surface area (Å²) in [6.07, 6.45) is 3.32. The third-order valence-corrected chi connectivity index (χ3v) is 5.20. The monoisotopic (exact) mass is 394 g/mol. The molecular weight excluding hydrogens is 372 g/mol. The van der Waals surface area contributed by atoms with Crippen molar-refractivity contribution in [2.45, 2.75) is 20.0 Å². The van der Waals surface area contributed by atoms with E-state index >= 15 is 0 Å². The van der Waals surface area contributed by atoms with Crippen LogP contribution in [-0.2, 0) is 17.9 Å². The maximum atomic E-state index is 12.9. The number of amides is 1. The van der Waals surface area contributed by atoms with Gasteiger partial charge in [0.2, 0.25) is 5.91 Å². The molecule has 4 rings (SSSR count). The van der Waals surface area contributed by atoms with Gasteiger partial charge in [-0.1, -0.05) is 6.07 Å². The number of aryl methyl sites for hydroxylation is 1. The van der Waals surface area contributed by atoms with Crippen molar-refractivity contribution in [2.24, 2.45) is 0 Å². The van der Waals surface area contributed by atoms with E-state index in [1.807, 2.05) is 18.2 Å².